The van der Waals surface area contributed by atoms with Crippen molar-refractivity contribution in [2.75, 3.05) is 0 Å². The van der Waals surface area contributed by atoms with Crippen molar-refractivity contribution >= 4 is 17.4 Å². The summed E-state index contributed by atoms with van der Waals surface area (Å²) in [4.78, 5) is 12.3. The summed E-state index contributed by atoms with van der Waals surface area (Å²) in [5.74, 6) is -0.263. The predicted octanol–water partition coefficient (Wildman–Crippen LogP) is 3.17. The SMILES string of the molecule is O=C(NC12CC3CC(C1)CC(C(F)(F)F)(C3)C2)c1csnn1. The smallest absolute Gasteiger partial charge is 0.345 e. The average molecular weight is 331 g/mol. The first-order valence-corrected chi connectivity index (χ1v) is 8.31. The van der Waals surface area contributed by atoms with Crippen LogP contribution in [0, 0.1) is 17.3 Å². The number of hydrogen-bond donors (Lipinski definition) is 1. The van der Waals surface area contributed by atoms with Crippen LogP contribution in [0.5, 0.6) is 0 Å². The number of rotatable bonds is 2. The van der Waals surface area contributed by atoms with Gasteiger partial charge in [0.15, 0.2) is 5.69 Å². The van der Waals surface area contributed by atoms with Gasteiger partial charge in [0.1, 0.15) is 0 Å². The highest BCUT2D eigenvalue weighted by molar-refractivity contribution is 7.03. The topological polar surface area (TPSA) is 54.9 Å². The van der Waals surface area contributed by atoms with Crippen molar-refractivity contribution in [1.29, 1.82) is 0 Å². The molecule has 4 bridgehead atoms. The summed E-state index contributed by atoms with van der Waals surface area (Å²) in [7, 11) is 0. The van der Waals surface area contributed by atoms with E-state index >= 15 is 0 Å². The van der Waals surface area contributed by atoms with Crippen molar-refractivity contribution in [3.63, 3.8) is 0 Å². The molecular weight excluding hydrogens is 315 g/mol. The first kappa shape index (κ1) is 14.4. The number of aromatic nitrogens is 2. The third kappa shape index (κ3) is 2.06. The number of alkyl halides is 3. The molecule has 1 amide bonds. The van der Waals surface area contributed by atoms with Crippen molar-refractivity contribution < 1.29 is 18.0 Å². The van der Waals surface area contributed by atoms with Crippen LogP contribution in [-0.4, -0.2) is 27.2 Å². The number of carbonyl (C=O) groups excluding carboxylic acids is 1. The van der Waals surface area contributed by atoms with Gasteiger partial charge in [0.2, 0.25) is 0 Å². The van der Waals surface area contributed by atoms with Gasteiger partial charge in [0, 0.05) is 10.9 Å². The van der Waals surface area contributed by atoms with E-state index in [2.05, 4.69) is 14.9 Å². The van der Waals surface area contributed by atoms with E-state index in [4.69, 9.17) is 0 Å². The van der Waals surface area contributed by atoms with E-state index in [0.717, 1.165) is 18.0 Å². The fourth-order valence-electron chi connectivity index (χ4n) is 5.31. The summed E-state index contributed by atoms with van der Waals surface area (Å²) in [6.45, 7) is 0. The Morgan fingerprint density at radius 2 is 1.95 bits per heavy atom. The minimum absolute atomic E-state index is 0.0137. The molecular formula is C14H16F3N3OS. The van der Waals surface area contributed by atoms with Gasteiger partial charge in [-0.05, 0) is 61.9 Å². The number of halogens is 3. The number of amides is 1. The highest BCUT2D eigenvalue weighted by Crippen LogP contribution is 2.66. The fourth-order valence-corrected chi connectivity index (χ4v) is 5.75. The Labute approximate surface area is 129 Å². The van der Waals surface area contributed by atoms with Crippen molar-refractivity contribution in [2.45, 2.75) is 50.2 Å². The molecule has 0 saturated heterocycles. The second kappa shape index (κ2) is 4.43. The number of hydrogen-bond acceptors (Lipinski definition) is 4. The van der Waals surface area contributed by atoms with Crippen molar-refractivity contribution in [3.8, 4) is 0 Å². The second-order valence-electron chi connectivity index (χ2n) is 7.26. The van der Waals surface area contributed by atoms with Crippen LogP contribution < -0.4 is 5.32 Å². The lowest BCUT2D eigenvalue weighted by atomic mass is 9.46. The lowest BCUT2D eigenvalue weighted by Gasteiger charge is -2.62. The molecule has 8 heteroatoms. The lowest BCUT2D eigenvalue weighted by molar-refractivity contribution is -0.277. The second-order valence-corrected chi connectivity index (χ2v) is 7.87. The minimum Gasteiger partial charge on any atom is -0.345 e. The van der Waals surface area contributed by atoms with Gasteiger partial charge in [-0.3, -0.25) is 4.79 Å². The highest BCUT2D eigenvalue weighted by Gasteiger charge is 2.67. The van der Waals surface area contributed by atoms with Gasteiger partial charge < -0.3 is 5.32 Å². The third-order valence-electron chi connectivity index (χ3n) is 5.63. The van der Waals surface area contributed by atoms with Crippen LogP contribution >= 0.6 is 11.5 Å². The molecule has 1 aromatic rings. The van der Waals surface area contributed by atoms with Crippen LogP contribution in [0.15, 0.2) is 5.38 Å². The molecule has 1 N–H and O–H groups in total. The Kier molecular flexibility index (Phi) is 2.90. The standard InChI is InChI=1S/C14H16F3N3OS/c15-14(16,17)12-2-8-1-9(3-12)5-13(4-8,7-12)18-11(21)10-6-22-20-19-10/h6,8-9H,1-5,7H2,(H,18,21). The molecule has 5 rings (SSSR count). The van der Waals surface area contributed by atoms with E-state index < -0.39 is 23.0 Å². The molecule has 2 atom stereocenters. The Bertz CT molecular complexity index is 587. The monoisotopic (exact) mass is 331 g/mol. The first-order valence-electron chi connectivity index (χ1n) is 7.47. The van der Waals surface area contributed by atoms with Gasteiger partial charge in [0.05, 0.1) is 5.41 Å². The third-order valence-corrected chi connectivity index (χ3v) is 6.14. The highest BCUT2D eigenvalue weighted by atomic mass is 32.1. The van der Waals surface area contributed by atoms with Crippen LogP contribution in [0.3, 0.4) is 0 Å². The Morgan fingerprint density at radius 1 is 1.27 bits per heavy atom. The van der Waals surface area contributed by atoms with Crippen LogP contribution in [0.25, 0.3) is 0 Å². The molecule has 4 saturated carbocycles. The molecule has 120 valence electrons. The van der Waals surface area contributed by atoms with E-state index in [9.17, 15) is 18.0 Å². The van der Waals surface area contributed by atoms with E-state index in [1.807, 2.05) is 0 Å². The number of nitrogens with one attached hydrogen (secondary N) is 1. The van der Waals surface area contributed by atoms with Crippen LogP contribution in [0.4, 0.5) is 13.2 Å². The maximum absolute atomic E-state index is 13.6. The maximum atomic E-state index is 13.6. The molecule has 4 nitrogen and oxygen atoms in total. The van der Waals surface area contributed by atoms with Crippen LogP contribution in [-0.2, 0) is 0 Å². The molecule has 1 aromatic heterocycles. The molecule has 4 fully saturated rings. The quantitative estimate of drug-likeness (QED) is 0.906. The zero-order valence-corrected chi connectivity index (χ0v) is 12.6. The van der Waals surface area contributed by atoms with Gasteiger partial charge >= 0.3 is 6.18 Å². The molecule has 4 aliphatic rings. The molecule has 4 aliphatic carbocycles. The largest absolute Gasteiger partial charge is 0.394 e. The normalized spacial score (nSPS) is 40.0. The Balaban J connectivity index is 1.63. The van der Waals surface area contributed by atoms with E-state index in [0.29, 0.717) is 12.8 Å². The summed E-state index contributed by atoms with van der Waals surface area (Å²) in [5.41, 5.74) is -2.13. The van der Waals surface area contributed by atoms with Crippen LogP contribution in [0.2, 0.25) is 0 Å². The van der Waals surface area contributed by atoms with Gasteiger partial charge in [0.25, 0.3) is 5.91 Å². The molecule has 0 radical (unpaired) electrons. The summed E-state index contributed by atoms with van der Waals surface area (Å²) < 4.78 is 44.6. The molecule has 0 aromatic carbocycles. The molecule has 0 spiro atoms. The average Bonchev–Trinajstić information content (AvgIpc) is 2.88. The zero-order chi connectivity index (χ0) is 15.6. The summed E-state index contributed by atoms with van der Waals surface area (Å²) in [6, 6.07) is 0. The lowest BCUT2D eigenvalue weighted by Crippen LogP contribution is -2.66. The van der Waals surface area contributed by atoms with E-state index in [1.165, 1.54) is 5.38 Å². The van der Waals surface area contributed by atoms with Gasteiger partial charge in [-0.15, -0.1) is 5.10 Å². The number of carbonyl (C=O) groups is 1. The van der Waals surface area contributed by atoms with Crippen molar-refractivity contribution in [2.24, 2.45) is 17.3 Å². The summed E-state index contributed by atoms with van der Waals surface area (Å²) in [6.07, 6.45) is -1.54. The molecule has 22 heavy (non-hydrogen) atoms. The molecule has 0 aliphatic heterocycles. The van der Waals surface area contributed by atoms with Crippen molar-refractivity contribution in [3.05, 3.63) is 11.1 Å². The van der Waals surface area contributed by atoms with Crippen molar-refractivity contribution in [1.82, 2.24) is 14.9 Å². The molecule has 2 unspecified atom stereocenters. The Hall–Kier alpha value is -1.18. The Morgan fingerprint density at radius 3 is 2.50 bits per heavy atom. The van der Waals surface area contributed by atoms with E-state index in [-0.39, 0.29) is 36.8 Å². The first-order chi connectivity index (χ1) is 10.3. The van der Waals surface area contributed by atoms with Gasteiger partial charge in [-0.25, -0.2) is 0 Å². The van der Waals surface area contributed by atoms with Crippen LogP contribution in [0.1, 0.15) is 49.0 Å². The van der Waals surface area contributed by atoms with Gasteiger partial charge in [-0.1, -0.05) is 4.49 Å². The maximum Gasteiger partial charge on any atom is 0.394 e. The minimum atomic E-state index is -4.19. The van der Waals surface area contributed by atoms with E-state index in [1.54, 1.807) is 0 Å². The van der Waals surface area contributed by atoms with Gasteiger partial charge in [-0.2, -0.15) is 13.2 Å². The zero-order valence-electron chi connectivity index (χ0n) is 11.8. The molecule has 1 heterocycles. The number of nitrogens with zero attached hydrogens (tertiary/aromatic N) is 2. The summed E-state index contributed by atoms with van der Waals surface area (Å²) >= 11 is 1.06. The predicted molar refractivity (Wildman–Crippen MR) is 73.3 cm³/mol. The fraction of sp³-hybridized carbons (Fsp3) is 0.786. The summed E-state index contributed by atoms with van der Waals surface area (Å²) in [5, 5.41) is 8.13.